The largest absolute Gasteiger partial charge is 0.441 e. The number of sulfone groups is 1. The number of rotatable bonds is 4. The van der Waals surface area contributed by atoms with Crippen LogP contribution in [0, 0.1) is 0 Å². The third kappa shape index (κ3) is 2.70. The van der Waals surface area contributed by atoms with Crippen LogP contribution < -0.4 is 5.73 Å². The SMILES string of the molecule is CCC(N)Cc1nc2cc(S(C)(=O)=O)ccc2o1. The molecule has 1 unspecified atom stereocenters. The summed E-state index contributed by atoms with van der Waals surface area (Å²) in [7, 11) is -3.22. The zero-order chi connectivity index (χ0) is 13.3. The smallest absolute Gasteiger partial charge is 0.197 e. The Morgan fingerprint density at radius 3 is 2.78 bits per heavy atom. The van der Waals surface area contributed by atoms with E-state index in [2.05, 4.69) is 4.98 Å². The summed E-state index contributed by atoms with van der Waals surface area (Å²) >= 11 is 0. The van der Waals surface area contributed by atoms with Gasteiger partial charge in [0.05, 0.1) is 4.90 Å². The van der Waals surface area contributed by atoms with Crippen LogP contribution in [0.2, 0.25) is 0 Å². The van der Waals surface area contributed by atoms with E-state index in [1.54, 1.807) is 6.07 Å². The molecule has 0 spiro atoms. The Kier molecular flexibility index (Phi) is 3.41. The van der Waals surface area contributed by atoms with Crippen LogP contribution in [-0.2, 0) is 16.3 Å². The molecule has 1 aromatic heterocycles. The van der Waals surface area contributed by atoms with Gasteiger partial charge >= 0.3 is 0 Å². The molecule has 2 N–H and O–H groups in total. The minimum atomic E-state index is -3.22. The van der Waals surface area contributed by atoms with Crippen LogP contribution >= 0.6 is 0 Å². The molecule has 0 aliphatic rings. The van der Waals surface area contributed by atoms with Crippen molar-refractivity contribution in [1.29, 1.82) is 0 Å². The van der Waals surface area contributed by atoms with Gasteiger partial charge in [-0.3, -0.25) is 0 Å². The molecule has 0 aliphatic heterocycles. The Bertz CT molecular complexity index is 661. The molecule has 98 valence electrons. The van der Waals surface area contributed by atoms with Gasteiger partial charge < -0.3 is 10.2 Å². The van der Waals surface area contributed by atoms with E-state index in [1.807, 2.05) is 6.92 Å². The second kappa shape index (κ2) is 4.70. The summed E-state index contributed by atoms with van der Waals surface area (Å²) in [5.41, 5.74) is 6.97. The standard InChI is InChI=1S/C12H16N2O3S/c1-3-8(13)6-12-14-10-7-9(18(2,15)16)4-5-11(10)17-12/h4-5,7-8H,3,6,13H2,1-2H3. The number of nitrogens with two attached hydrogens (primary N) is 1. The van der Waals surface area contributed by atoms with Gasteiger partial charge in [-0.15, -0.1) is 0 Å². The second-order valence-electron chi connectivity index (χ2n) is 4.38. The van der Waals surface area contributed by atoms with Crippen LogP contribution in [-0.4, -0.2) is 25.7 Å². The van der Waals surface area contributed by atoms with Crippen LogP contribution in [0.3, 0.4) is 0 Å². The highest BCUT2D eigenvalue weighted by Gasteiger charge is 2.13. The molecule has 5 nitrogen and oxygen atoms in total. The molecule has 0 fully saturated rings. The van der Waals surface area contributed by atoms with Crippen molar-refractivity contribution in [2.24, 2.45) is 5.73 Å². The fourth-order valence-electron chi connectivity index (χ4n) is 1.64. The van der Waals surface area contributed by atoms with Crippen molar-refractivity contribution in [3.05, 3.63) is 24.1 Å². The van der Waals surface area contributed by atoms with Gasteiger partial charge in [0.2, 0.25) is 0 Å². The number of hydrogen-bond acceptors (Lipinski definition) is 5. The summed E-state index contributed by atoms with van der Waals surface area (Å²) < 4.78 is 28.4. The molecule has 0 saturated carbocycles. The average molecular weight is 268 g/mol. The molecule has 1 atom stereocenters. The zero-order valence-corrected chi connectivity index (χ0v) is 11.2. The lowest BCUT2D eigenvalue weighted by Gasteiger charge is -2.03. The van der Waals surface area contributed by atoms with Crippen LogP contribution in [0.5, 0.6) is 0 Å². The number of nitrogens with zero attached hydrogens (tertiary/aromatic N) is 1. The van der Waals surface area contributed by atoms with Crippen molar-refractivity contribution < 1.29 is 12.8 Å². The number of fused-ring (bicyclic) bond motifs is 1. The Balaban J connectivity index is 2.40. The van der Waals surface area contributed by atoms with E-state index in [1.165, 1.54) is 18.4 Å². The van der Waals surface area contributed by atoms with E-state index in [-0.39, 0.29) is 10.9 Å². The van der Waals surface area contributed by atoms with E-state index in [0.29, 0.717) is 23.4 Å². The van der Waals surface area contributed by atoms with E-state index >= 15 is 0 Å². The fraction of sp³-hybridized carbons (Fsp3) is 0.417. The number of aromatic nitrogens is 1. The minimum absolute atomic E-state index is 0.00689. The minimum Gasteiger partial charge on any atom is -0.441 e. The third-order valence-corrected chi connectivity index (χ3v) is 3.90. The molecule has 0 bridgehead atoms. The lowest BCUT2D eigenvalue weighted by molar-refractivity contribution is 0.491. The van der Waals surface area contributed by atoms with E-state index in [4.69, 9.17) is 10.2 Å². The molecule has 18 heavy (non-hydrogen) atoms. The van der Waals surface area contributed by atoms with Crippen LogP contribution in [0.25, 0.3) is 11.1 Å². The average Bonchev–Trinajstić information content (AvgIpc) is 2.68. The predicted octanol–water partition coefficient (Wildman–Crippen LogP) is 1.51. The van der Waals surface area contributed by atoms with Crippen molar-refractivity contribution in [3.8, 4) is 0 Å². The fourth-order valence-corrected chi connectivity index (χ4v) is 2.28. The van der Waals surface area contributed by atoms with Gasteiger partial charge in [0.1, 0.15) is 5.52 Å². The van der Waals surface area contributed by atoms with Gasteiger partial charge in [-0.2, -0.15) is 0 Å². The molecule has 2 aromatic rings. The van der Waals surface area contributed by atoms with Gasteiger partial charge in [-0.25, -0.2) is 13.4 Å². The normalized spacial score (nSPS) is 13.9. The van der Waals surface area contributed by atoms with Crippen molar-refractivity contribution >= 4 is 20.9 Å². The second-order valence-corrected chi connectivity index (χ2v) is 6.40. The van der Waals surface area contributed by atoms with Crippen LogP contribution in [0.15, 0.2) is 27.5 Å². The van der Waals surface area contributed by atoms with Crippen molar-refractivity contribution in [1.82, 2.24) is 4.98 Å². The number of benzene rings is 1. The summed E-state index contributed by atoms with van der Waals surface area (Å²) in [6, 6.07) is 4.67. The molecule has 0 saturated heterocycles. The first-order valence-electron chi connectivity index (χ1n) is 5.75. The van der Waals surface area contributed by atoms with Crippen LogP contribution in [0.1, 0.15) is 19.2 Å². The van der Waals surface area contributed by atoms with Gasteiger partial charge in [0.15, 0.2) is 21.3 Å². The van der Waals surface area contributed by atoms with Crippen LogP contribution in [0.4, 0.5) is 0 Å². The summed E-state index contributed by atoms with van der Waals surface area (Å²) in [6.07, 6.45) is 2.56. The van der Waals surface area contributed by atoms with Gasteiger partial charge in [0, 0.05) is 18.7 Å². The number of hydrogen-bond donors (Lipinski definition) is 1. The molecule has 6 heteroatoms. The third-order valence-electron chi connectivity index (χ3n) is 2.79. The highest BCUT2D eigenvalue weighted by Crippen LogP contribution is 2.20. The lowest BCUT2D eigenvalue weighted by Crippen LogP contribution is -2.21. The molecule has 1 heterocycles. The molecule has 0 amide bonds. The van der Waals surface area contributed by atoms with Gasteiger partial charge in [-0.1, -0.05) is 6.92 Å². The zero-order valence-electron chi connectivity index (χ0n) is 10.4. The van der Waals surface area contributed by atoms with Crippen molar-refractivity contribution in [2.75, 3.05) is 6.26 Å². The maximum atomic E-state index is 11.4. The summed E-state index contributed by atoms with van der Waals surface area (Å²) in [4.78, 5) is 4.51. The first kappa shape index (κ1) is 13.0. The van der Waals surface area contributed by atoms with Crippen molar-refractivity contribution in [2.45, 2.75) is 30.7 Å². The van der Waals surface area contributed by atoms with E-state index in [9.17, 15) is 8.42 Å². The maximum absolute atomic E-state index is 11.4. The topological polar surface area (TPSA) is 86.2 Å². The molecule has 2 rings (SSSR count). The Hall–Kier alpha value is -1.40. The Morgan fingerprint density at radius 2 is 2.17 bits per heavy atom. The first-order valence-corrected chi connectivity index (χ1v) is 7.64. The highest BCUT2D eigenvalue weighted by atomic mass is 32.2. The van der Waals surface area contributed by atoms with Gasteiger partial charge in [-0.05, 0) is 24.6 Å². The summed E-state index contributed by atoms with van der Waals surface area (Å²) in [6.45, 7) is 2.00. The van der Waals surface area contributed by atoms with Gasteiger partial charge in [0.25, 0.3) is 0 Å². The number of oxazole rings is 1. The molecule has 1 aromatic carbocycles. The van der Waals surface area contributed by atoms with E-state index in [0.717, 1.165) is 6.42 Å². The molecular formula is C12H16N2O3S. The molecular weight excluding hydrogens is 252 g/mol. The van der Waals surface area contributed by atoms with Crippen molar-refractivity contribution in [3.63, 3.8) is 0 Å². The summed E-state index contributed by atoms with van der Waals surface area (Å²) in [5.74, 6) is 0.546. The highest BCUT2D eigenvalue weighted by molar-refractivity contribution is 7.90. The Labute approximate surface area is 106 Å². The summed E-state index contributed by atoms with van der Waals surface area (Å²) in [5, 5.41) is 0. The maximum Gasteiger partial charge on any atom is 0.197 e. The Morgan fingerprint density at radius 1 is 1.44 bits per heavy atom. The molecule has 0 aliphatic carbocycles. The van der Waals surface area contributed by atoms with E-state index < -0.39 is 9.84 Å². The lowest BCUT2D eigenvalue weighted by atomic mass is 10.2. The molecule has 0 radical (unpaired) electrons. The monoisotopic (exact) mass is 268 g/mol. The predicted molar refractivity (Wildman–Crippen MR) is 69.1 cm³/mol. The quantitative estimate of drug-likeness (QED) is 0.908. The first-order chi connectivity index (χ1) is 8.40.